The van der Waals surface area contributed by atoms with Crippen molar-refractivity contribution in [2.45, 2.75) is 33.7 Å². The summed E-state index contributed by atoms with van der Waals surface area (Å²) in [6.45, 7) is 5.86. The highest BCUT2D eigenvalue weighted by molar-refractivity contribution is 7.19. The first-order valence-corrected chi connectivity index (χ1v) is 9.89. The monoisotopic (exact) mass is 396 g/mol. The summed E-state index contributed by atoms with van der Waals surface area (Å²) in [7, 11) is 0. The van der Waals surface area contributed by atoms with Crippen LogP contribution in [0.5, 0.6) is 0 Å². The quantitative estimate of drug-likeness (QED) is 0.485. The molecule has 0 radical (unpaired) electrons. The highest BCUT2D eigenvalue weighted by Crippen LogP contribution is 2.31. The smallest absolute Gasteiger partial charge is 0.352 e. The number of fused-ring (bicyclic) bond motifs is 3. The second-order valence-corrected chi connectivity index (χ2v) is 7.77. The lowest BCUT2D eigenvalue weighted by Crippen LogP contribution is -2.30. The molecule has 0 unspecified atom stereocenters. The molecular weight excluding hydrogens is 376 g/mol. The lowest BCUT2D eigenvalue weighted by molar-refractivity contribution is -0.143. The van der Waals surface area contributed by atoms with Gasteiger partial charge in [0.1, 0.15) is 11.4 Å². The van der Waals surface area contributed by atoms with Crippen LogP contribution < -0.4 is 5.69 Å². The van der Waals surface area contributed by atoms with Gasteiger partial charge in [0.2, 0.25) is 0 Å². The SMILES string of the molecule is CCOC(=O)Cn1c(=O)n2nc(Cc3ccccc3)nc2c2c(C)c(C)sc21. The van der Waals surface area contributed by atoms with E-state index in [1.807, 2.05) is 44.2 Å². The number of nitrogens with zero attached hydrogens (tertiary/aromatic N) is 4. The molecule has 0 aliphatic carbocycles. The second-order valence-electron chi connectivity index (χ2n) is 6.56. The van der Waals surface area contributed by atoms with E-state index in [2.05, 4.69) is 10.1 Å². The van der Waals surface area contributed by atoms with Crippen LogP contribution in [-0.2, 0) is 22.5 Å². The minimum Gasteiger partial charge on any atom is -0.465 e. The number of benzene rings is 1. The molecule has 0 fully saturated rings. The molecule has 28 heavy (non-hydrogen) atoms. The first kappa shape index (κ1) is 18.4. The average molecular weight is 396 g/mol. The fourth-order valence-electron chi connectivity index (χ4n) is 3.24. The number of hydrogen-bond acceptors (Lipinski definition) is 6. The standard InChI is InChI=1S/C20H20N4O3S/c1-4-27-16(25)11-23-19-17(12(2)13(3)28-19)18-21-15(22-24(18)20(23)26)10-14-8-6-5-7-9-14/h5-9H,4,10-11H2,1-3H3. The Balaban J connectivity index is 1.92. The van der Waals surface area contributed by atoms with Crippen molar-refractivity contribution in [3.05, 3.63) is 62.6 Å². The number of ether oxygens (including phenoxy) is 1. The van der Waals surface area contributed by atoms with Gasteiger partial charge >= 0.3 is 11.7 Å². The number of aryl methyl sites for hydroxylation is 2. The third-order valence-electron chi connectivity index (χ3n) is 4.70. The normalized spacial score (nSPS) is 11.4. The maximum atomic E-state index is 13.1. The van der Waals surface area contributed by atoms with Crippen molar-refractivity contribution in [2.24, 2.45) is 0 Å². The predicted octanol–water partition coefficient (Wildman–Crippen LogP) is 2.88. The molecule has 0 bridgehead atoms. The summed E-state index contributed by atoms with van der Waals surface area (Å²) >= 11 is 1.48. The molecule has 4 rings (SSSR count). The molecule has 0 N–H and O–H groups in total. The Labute approximate surface area is 165 Å². The zero-order valence-electron chi connectivity index (χ0n) is 15.9. The summed E-state index contributed by atoms with van der Waals surface area (Å²) in [5.74, 6) is 0.125. The Morgan fingerprint density at radius 1 is 1.21 bits per heavy atom. The number of hydrogen-bond donors (Lipinski definition) is 0. The van der Waals surface area contributed by atoms with Crippen molar-refractivity contribution >= 4 is 33.2 Å². The van der Waals surface area contributed by atoms with E-state index in [-0.39, 0.29) is 18.8 Å². The fraction of sp³-hybridized carbons (Fsp3) is 0.300. The summed E-state index contributed by atoms with van der Waals surface area (Å²) in [4.78, 5) is 31.6. The van der Waals surface area contributed by atoms with Gasteiger partial charge in [0.05, 0.1) is 12.0 Å². The zero-order chi connectivity index (χ0) is 19.8. The Hall–Kier alpha value is -3.00. The van der Waals surface area contributed by atoms with Gasteiger partial charge in [0, 0.05) is 11.3 Å². The van der Waals surface area contributed by atoms with Crippen LogP contribution >= 0.6 is 11.3 Å². The van der Waals surface area contributed by atoms with E-state index < -0.39 is 5.97 Å². The zero-order valence-corrected chi connectivity index (χ0v) is 16.7. The maximum Gasteiger partial charge on any atom is 0.352 e. The van der Waals surface area contributed by atoms with Crippen LogP contribution in [0.4, 0.5) is 0 Å². The van der Waals surface area contributed by atoms with Gasteiger partial charge in [-0.1, -0.05) is 30.3 Å². The van der Waals surface area contributed by atoms with Gasteiger partial charge in [0.25, 0.3) is 0 Å². The molecule has 0 aliphatic heterocycles. The molecule has 0 spiro atoms. The second kappa shape index (κ2) is 7.20. The Kier molecular flexibility index (Phi) is 4.72. The highest BCUT2D eigenvalue weighted by atomic mass is 32.1. The molecule has 7 nitrogen and oxygen atoms in total. The summed E-state index contributed by atoms with van der Waals surface area (Å²) in [5.41, 5.74) is 2.26. The van der Waals surface area contributed by atoms with Crippen LogP contribution in [-0.4, -0.2) is 31.7 Å². The number of esters is 1. The number of thiophene rings is 1. The van der Waals surface area contributed by atoms with Crippen LogP contribution in [0.25, 0.3) is 15.9 Å². The van der Waals surface area contributed by atoms with Crippen molar-refractivity contribution in [1.29, 1.82) is 0 Å². The summed E-state index contributed by atoms with van der Waals surface area (Å²) < 4.78 is 7.78. The maximum absolute atomic E-state index is 13.1. The Bertz CT molecular complexity index is 1240. The predicted molar refractivity (Wildman–Crippen MR) is 108 cm³/mol. The van der Waals surface area contributed by atoms with Gasteiger partial charge < -0.3 is 4.74 Å². The van der Waals surface area contributed by atoms with Crippen molar-refractivity contribution < 1.29 is 9.53 Å². The van der Waals surface area contributed by atoms with Crippen molar-refractivity contribution in [1.82, 2.24) is 19.2 Å². The van der Waals surface area contributed by atoms with Crippen LogP contribution in [0.2, 0.25) is 0 Å². The van der Waals surface area contributed by atoms with E-state index in [1.54, 1.807) is 6.92 Å². The van der Waals surface area contributed by atoms with Crippen LogP contribution in [0, 0.1) is 13.8 Å². The molecule has 0 amide bonds. The Morgan fingerprint density at radius 2 is 1.96 bits per heavy atom. The largest absolute Gasteiger partial charge is 0.465 e. The molecule has 8 heteroatoms. The third-order valence-corrected chi connectivity index (χ3v) is 5.93. The van der Waals surface area contributed by atoms with Gasteiger partial charge in [0.15, 0.2) is 11.5 Å². The van der Waals surface area contributed by atoms with Crippen molar-refractivity contribution in [3.63, 3.8) is 0 Å². The van der Waals surface area contributed by atoms with Gasteiger partial charge in [-0.3, -0.25) is 9.36 Å². The molecule has 0 saturated heterocycles. The minimum absolute atomic E-state index is 0.146. The van der Waals surface area contributed by atoms with Crippen molar-refractivity contribution in [2.75, 3.05) is 6.61 Å². The van der Waals surface area contributed by atoms with Crippen LogP contribution in [0.1, 0.15) is 28.8 Å². The number of carbonyl (C=O) groups excluding carboxylic acids is 1. The van der Waals surface area contributed by atoms with E-state index >= 15 is 0 Å². The molecule has 0 atom stereocenters. The van der Waals surface area contributed by atoms with Crippen molar-refractivity contribution in [3.8, 4) is 0 Å². The van der Waals surface area contributed by atoms with Gasteiger partial charge in [-0.15, -0.1) is 16.4 Å². The lowest BCUT2D eigenvalue weighted by Gasteiger charge is -2.07. The lowest BCUT2D eigenvalue weighted by atomic mass is 10.1. The average Bonchev–Trinajstić information content (AvgIpc) is 3.21. The first-order chi connectivity index (χ1) is 13.5. The molecule has 3 heterocycles. The third kappa shape index (κ3) is 3.09. The minimum atomic E-state index is -0.446. The van der Waals surface area contributed by atoms with E-state index in [0.717, 1.165) is 26.2 Å². The highest BCUT2D eigenvalue weighted by Gasteiger charge is 2.21. The first-order valence-electron chi connectivity index (χ1n) is 9.07. The molecule has 0 aliphatic rings. The fourth-order valence-corrected chi connectivity index (χ4v) is 4.39. The van der Waals surface area contributed by atoms with Gasteiger partial charge in [-0.25, -0.2) is 9.78 Å². The number of aromatic nitrogens is 4. The van der Waals surface area contributed by atoms with Crippen LogP contribution in [0.3, 0.4) is 0 Å². The molecular formula is C20H20N4O3S. The molecule has 3 aromatic heterocycles. The number of carbonyl (C=O) groups is 1. The van der Waals surface area contributed by atoms with E-state index in [9.17, 15) is 9.59 Å². The van der Waals surface area contributed by atoms with Gasteiger partial charge in [-0.2, -0.15) is 4.52 Å². The summed E-state index contributed by atoms with van der Waals surface area (Å²) in [6, 6.07) is 9.88. The number of rotatable bonds is 5. The van der Waals surface area contributed by atoms with Gasteiger partial charge in [-0.05, 0) is 31.9 Å². The molecule has 4 aromatic rings. The Morgan fingerprint density at radius 3 is 2.68 bits per heavy atom. The summed E-state index contributed by atoms with van der Waals surface area (Å²) in [5, 5.41) is 5.31. The molecule has 1 aromatic carbocycles. The van der Waals surface area contributed by atoms with E-state index in [0.29, 0.717) is 17.9 Å². The molecule has 144 valence electrons. The summed E-state index contributed by atoms with van der Waals surface area (Å²) in [6.07, 6.45) is 0.531. The molecule has 0 saturated carbocycles. The van der Waals surface area contributed by atoms with E-state index in [4.69, 9.17) is 4.74 Å². The topological polar surface area (TPSA) is 78.5 Å². The van der Waals surface area contributed by atoms with E-state index in [1.165, 1.54) is 20.4 Å². The van der Waals surface area contributed by atoms with Crippen LogP contribution in [0.15, 0.2) is 35.1 Å².